The lowest BCUT2D eigenvalue weighted by Gasteiger charge is -2.27. The first-order valence-corrected chi connectivity index (χ1v) is 19.0. The fourth-order valence-electron chi connectivity index (χ4n) is 3.46. The van der Waals surface area contributed by atoms with Gasteiger partial charge in [0.05, 0.1) is 0 Å². The highest BCUT2D eigenvalue weighted by molar-refractivity contribution is 7.57. The van der Waals surface area contributed by atoms with Crippen molar-refractivity contribution in [2.45, 2.75) is 37.4 Å². The minimum absolute atomic E-state index is 0.474. The lowest BCUT2D eigenvalue weighted by atomic mass is 10.5. The van der Waals surface area contributed by atoms with E-state index in [9.17, 15) is 4.57 Å². The van der Waals surface area contributed by atoms with Gasteiger partial charge in [-0.2, -0.15) is 0 Å². The quantitative estimate of drug-likeness (QED) is 0.0867. The van der Waals surface area contributed by atoms with Crippen LogP contribution in [0.3, 0.4) is 0 Å². The summed E-state index contributed by atoms with van der Waals surface area (Å²) >= 11 is 0. The van der Waals surface area contributed by atoms with Gasteiger partial charge in [0.25, 0.3) is 7.59 Å². The van der Waals surface area contributed by atoms with Gasteiger partial charge in [0.15, 0.2) is 0 Å². The summed E-state index contributed by atoms with van der Waals surface area (Å²) in [6.45, 7) is 1.42. The molecule has 212 valence electrons. The average Bonchev–Trinajstić information content (AvgIpc) is 2.90. The molecule has 35 heavy (non-hydrogen) atoms. The molecular formula is C18H48N3O10PSi3. The number of hydrogen-bond donors (Lipinski definition) is 3. The van der Waals surface area contributed by atoms with Gasteiger partial charge in [0.1, 0.15) is 0 Å². The maximum absolute atomic E-state index is 13.6. The maximum atomic E-state index is 13.6. The Balaban J connectivity index is 4.98. The molecule has 0 radical (unpaired) electrons. The molecule has 0 atom stereocenters. The molecule has 0 amide bonds. The second-order valence-corrected chi connectivity index (χ2v) is 19.0. The Morgan fingerprint density at radius 3 is 0.829 bits per heavy atom. The van der Waals surface area contributed by atoms with Crippen LogP contribution in [0.5, 0.6) is 0 Å². The molecule has 0 spiro atoms. The molecule has 0 unspecified atom stereocenters. The average molecular weight is 582 g/mol. The van der Waals surface area contributed by atoms with E-state index in [4.69, 9.17) is 39.8 Å². The third kappa shape index (κ3) is 12.2. The monoisotopic (exact) mass is 581 g/mol. The lowest BCUT2D eigenvalue weighted by Crippen LogP contribution is -2.44. The molecule has 17 heteroatoms. The van der Waals surface area contributed by atoms with E-state index in [-0.39, 0.29) is 0 Å². The predicted molar refractivity (Wildman–Crippen MR) is 140 cm³/mol. The molecule has 0 aliphatic carbocycles. The van der Waals surface area contributed by atoms with Crippen molar-refractivity contribution >= 4 is 34.0 Å². The molecule has 0 saturated carbocycles. The highest BCUT2D eigenvalue weighted by Crippen LogP contribution is 2.31. The van der Waals surface area contributed by atoms with Crippen LogP contribution in [-0.2, 0) is 44.4 Å². The smallest absolute Gasteiger partial charge is 0.377 e. The standard InChI is InChI=1S/C18H48N3O10PSi3/c1-23-33(24-2,25-3)16-10-13-19-32(22,20-14-11-17-34(26-4,27-5)28-6)21-15-12-18-35(29-7,30-8)31-9/h10-18H2,1-9H3,(H3,19,20,21,22). The van der Waals surface area contributed by atoms with E-state index in [0.717, 1.165) is 0 Å². The van der Waals surface area contributed by atoms with Crippen LogP contribution < -0.4 is 15.3 Å². The van der Waals surface area contributed by atoms with Crippen LogP contribution in [0.4, 0.5) is 0 Å². The Morgan fingerprint density at radius 2 is 0.657 bits per heavy atom. The van der Waals surface area contributed by atoms with E-state index in [1.54, 1.807) is 64.0 Å². The SMILES string of the molecule is CO[Si](CCCNP(=O)(NCCC[Si](OC)(OC)OC)NCCC[Si](OC)(OC)OC)(OC)OC. The lowest BCUT2D eigenvalue weighted by molar-refractivity contribution is 0.122. The molecule has 0 aromatic rings. The predicted octanol–water partition coefficient (Wildman–Crippen LogP) is 1.67. The molecule has 0 heterocycles. The zero-order valence-electron chi connectivity index (χ0n) is 22.9. The third-order valence-corrected chi connectivity index (χ3v) is 16.3. The summed E-state index contributed by atoms with van der Waals surface area (Å²) in [4.78, 5) is 0. The minimum atomic E-state index is -3.11. The Hall–Kier alpha value is 0.401. The van der Waals surface area contributed by atoms with Gasteiger partial charge in [-0.3, -0.25) is 4.57 Å². The van der Waals surface area contributed by atoms with Crippen molar-refractivity contribution < 1.29 is 44.4 Å². The molecule has 0 aliphatic heterocycles. The van der Waals surface area contributed by atoms with E-state index in [2.05, 4.69) is 15.3 Å². The second-order valence-electron chi connectivity index (χ2n) is 7.53. The van der Waals surface area contributed by atoms with E-state index < -0.39 is 34.0 Å². The molecule has 13 nitrogen and oxygen atoms in total. The van der Waals surface area contributed by atoms with Gasteiger partial charge in [-0.15, -0.1) is 0 Å². The molecule has 0 bridgehead atoms. The summed E-state index contributed by atoms with van der Waals surface area (Å²) < 4.78 is 62.8. The van der Waals surface area contributed by atoms with Crippen LogP contribution in [0.1, 0.15) is 19.3 Å². The molecule has 0 aliphatic rings. The number of nitrogens with one attached hydrogen (secondary N) is 3. The minimum Gasteiger partial charge on any atom is -0.377 e. The van der Waals surface area contributed by atoms with E-state index in [0.29, 0.717) is 57.0 Å². The first-order chi connectivity index (χ1) is 16.7. The van der Waals surface area contributed by atoms with Crippen molar-refractivity contribution in [1.29, 1.82) is 0 Å². The van der Waals surface area contributed by atoms with Crippen molar-refractivity contribution in [2.75, 3.05) is 83.6 Å². The van der Waals surface area contributed by atoms with Gasteiger partial charge in [-0.05, 0) is 19.3 Å². The van der Waals surface area contributed by atoms with Crippen molar-refractivity contribution in [2.24, 2.45) is 0 Å². The van der Waals surface area contributed by atoms with Crippen LogP contribution >= 0.6 is 7.59 Å². The van der Waals surface area contributed by atoms with Crippen LogP contribution in [0.15, 0.2) is 0 Å². The highest BCUT2D eigenvalue weighted by atomic mass is 31.2. The third-order valence-electron chi connectivity index (χ3n) is 5.78. The van der Waals surface area contributed by atoms with Gasteiger partial charge in [0.2, 0.25) is 0 Å². The summed E-state index contributed by atoms with van der Waals surface area (Å²) in [6, 6.07) is 1.78. The fourth-order valence-corrected chi connectivity index (χ4v) is 10.4. The van der Waals surface area contributed by atoms with Crippen molar-refractivity contribution in [3.63, 3.8) is 0 Å². The molecular weight excluding hydrogens is 533 g/mol. The summed E-state index contributed by atoms with van der Waals surface area (Å²) in [5, 5.41) is 9.43. The van der Waals surface area contributed by atoms with Crippen LogP contribution in [0.2, 0.25) is 18.1 Å². The largest absolute Gasteiger partial charge is 0.500 e. The summed E-state index contributed by atoms with van der Waals surface area (Å²) in [7, 11) is 3.01. The van der Waals surface area contributed by atoms with Crippen molar-refractivity contribution in [1.82, 2.24) is 15.3 Å². The van der Waals surface area contributed by atoms with Crippen molar-refractivity contribution in [3.05, 3.63) is 0 Å². The first-order valence-electron chi connectivity index (χ1n) is 11.5. The van der Waals surface area contributed by atoms with E-state index >= 15 is 0 Å². The Morgan fingerprint density at radius 1 is 0.457 bits per heavy atom. The van der Waals surface area contributed by atoms with Crippen LogP contribution in [0.25, 0.3) is 0 Å². The Labute approximate surface area is 214 Å². The van der Waals surface area contributed by atoms with Gasteiger partial charge in [-0.25, -0.2) is 15.3 Å². The highest BCUT2D eigenvalue weighted by Gasteiger charge is 2.39. The molecule has 0 aromatic carbocycles. The molecule has 0 rings (SSSR count). The normalized spacial score (nSPS) is 13.5. The topological polar surface area (TPSA) is 136 Å². The number of rotatable bonds is 24. The van der Waals surface area contributed by atoms with E-state index in [1.165, 1.54) is 0 Å². The summed E-state index contributed by atoms with van der Waals surface area (Å²) in [5.74, 6) is 0. The zero-order chi connectivity index (χ0) is 26.8. The maximum Gasteiger partial charge on any atom is 0.500 e. The van der Waals surface area contributed by atoms with Crippen LogP contribution in [0, 0.1) is 0 Å². The van der Waals surface area contributed by atoms with Gasteiger partial charge >= 0.3 is 26.4 Å². The molecule has 0 aromatic heterocycles. The van der Waals surface area contributed by atoms with Gasteiger partial charge < -0.3 is 39.8 Å². The zero-order valence-corrected chi connectivity index (χ0v) is 26.8. The summed E-state index contributed by atoms with van der Waals surface area (Å²) in [5.41, 5.74) is 0. The molecule has 3 N–H and O–H groups in total. The first kappa shape index (κ1) is 35.4. The van der Waals surface area contributed by atoms with Crippen molar-refractivity contribution in [3.8, 4) is 0 Å². The number of hydrogen-bond acceptors (Lipinski definition) is 10. The van der Waals surface area contributed by atoms with Gasteiger partial charge in [0, 0.05) is 102 Å². The molecule has 0 saturated heterocycles. The van der Waals surface area contributed by atoms with Gasteiger partial charge in [-0.1, -0.05) is 0 Å². The molecule has 0 fully saturated rings. The second kappa shape index (κ2) is 18.6. The Kier molecular flexibility index (Phi) is 18.8. The fraction of sp³-hybridized carbons (Fsp3) is 1.00. The van der Waals surface area contributed by atoms with Crippen LogP contribution in [-0.4, -0.2) is 110 Å². The summed E-state index contributed by atoms with van der Waals surface area (Å²) in [6.07, 6.45) is 1.99. The van der Waals surface area contributed by atoms with E-state index in [1.807, 2.05) is 0 Å². The Bertz CT molecular complexity index is 487.